The van der Waals surface area contributed by atoms with E-state index < -0.39 is 0 Å². The molecule has 2 saturated heterocycles. The van der Waals surface area contributed by atoms with Gasteiger partial charge in [0.2, 0.25) is 0 Å². The van der Waals surface area contributed by atoms with E-state index in [1.807, 2.05) is 44.3 Å². The van der Waals surface area contributed by atoms with Crippen molar-refractivity contribution in [2.45, 2.75) is 37.8 Å². The summed E-state index contributed by atoms with van der Waals surface area (Å²) < 4.78 is 5.18. The second kappa shape index (κ2) is 5.60. The quantitative estimate of drug-likeness (QED) is 0.798. The van der Waals surface area contributed by atoms with Crippen molar-refractivity contribution in [1.29, 1.82) is 0 Å². The van der Waals surface area contributed by atoms with E-state index >= 15 is 0 Å². The largest absolute Gasteiger partial charge is 0.466 e. The molecule has 0 unspecified atom stereocenters. The highest BCUT2D eigenvalue weighted by molar-refractivity contribution is 5.93. The summed E-state index contributed by atoms with van der Waals surface area (Å²) in [6.45, 7) is 2.22. The summed E-state index contributed by atoms with van der Waals surface area (Å²) in [5.74, 6) is -0.167. The zero-order valence-electron chi connectivity index (χ0n) is 12.5. The van der Waals surface area contributed by atoms with Crippen LogP contribution in [0.1, 0.15) is 31.2 Å². The molecule has 0 aromatic heterocycles. The molecule has 0 saturated carbocycles. The Hall–Kier alpha value is -1.68. The first kappa shape index (κ1) is 14.3. The molecule has 2 heterocycles. The molecule has 112 valence electrons. The van der Waals surface area contributed by atoms with E-state index in [2.05, 4.69) is 4.90 Å². The minimum Gasteiger partial charge on any atom is -0.466 e. The molecule has 0 N–H and O–H groups in total. The van der Waals surface area contributed by atoms with Crippen LogP contribution >= 0.6 is 0 Å². The number of hydrogen-bond acceptors (Lipinski definition) is 4. The highest BCUT2D eigenvalue weighted by atomic mass is 16.5. The van der Waals surface area contributed by atoms with Crippen molar-refractivity contribution >= 4 is 11.8 Å². The molecule has 2 fully saturated rings. The number of ketones is 1. The number of likely N-dealkylation sites (N-methyl/N-ethyl adjacent to an activating group) is 1. The smallest absolute Gasteiger partial charge is 0.310 e. The molecule has 2 aliphatic rings. The summed E-state index contributed by atoms with van der Waals surface area (Å²) in [5.41, 5.74) is 1.06. The topological polar surface area (TPSA) is 46.6 Å². The van der Waals surface area contributed by atoms with Gasteiger partial charge in [0.25, 0.3) is 0 Å². The molecule has 4 nitrogen and oxygen atoms in total. The van der Waals surface area contributed by atoms with E-state index in [0.29, 0.717) is 19.4 Å². The molecule has 21 heavy (non-hydrogen) atoms. The van der Waals surface area contributed by atoms with Gasteiger partial charge in [-0.15, -0.1) is 0 Å². The zero-order chi connectivity index (χ0) is 15.0. The van der Waals surface area contributed by atoms with Gasteiger partial charge in [-0.2, -0.15) is 0 Å². The van der Waals surface area contributed by atoms with Crippen molar-refractivity contribution in [2.24, 2.45) is 5.92 Å². The number of benzene rings is 1. The summed E-state index contributed by atoms with van der Waals surface area (Å²) >= 11 is 0. The molecule has 3 rings (SSSR count). The number of esters is 1. The molecule has 0 spiro atoms. The number of fused-ring (bicyclic) bond motifs is 2. The average molecular weight is 287 g/mol. The zero-order valence-corrected chi connectivity index (χ0v) is 12.5. The lowest BCUT2D eigenvalue weighted by molar-refractivity contribution is -0.149. The van der Waals surface area contributed by atoms with Crippen LogP contribution in [0.25, 0.3) is 0 Å². The monoisotopic (exact) mass is 287 g/mol. The predicted molar refractivity (Wildman–Crippen MR) is 78.9 cm³/mol. The van der Waals surface area contributed by atoms with E-state index in [4.69, 9.17) is 4.74 Å². The van der Waals surface area contributed by atoms with E-state index in [1.54, 1.807) is 0 Å². The summed E-state index contributed by atoms with van der Waals surface area (Å²) in [6.07, 6.45) is 1.31. The summed E-state index contributed by atoms with van der Waals surface area (Å²) in [5, 5.41) is 0. The van der Waals surface area contributed by atoms with Crippen molar-refractivity contribution in [1.82, 2.24) is 4.90 Å². The van der Waals surface area contributed by atoms with Gasteiger partial charge >= 0.3 is 5.97 Å². The molecule has 0 radical (unpaired) electrons. The van der Waals surface area contributed by atoms with Crippen molar-refractivity contribution in [3.8, 4) is 0 Å². The Morgan fingerprint density at radius 3 is 2.67 bits per heavy atom. The van der Waals surface area contributed by atoms with Crippen LogP contribution in [0, 0.1) is 5.92 Å². The summed E-state index contributed by atoms with van der Waals surface area (Å²) in [7, 11) is 1.95. The van der Waals surface area contributed by atoms with E-state index in [0.717, 1.165) is 5.56 Å². The molecule has 2 aliphatic heterocycles. The Balaban J connectivity index is 1.86. The third-order valence-corrected chi connectivity index (χ3v) is 4.90. The Kier molecular flexibility index (Phi) is 3.81. The number of carbonyl (C=O) groups is 2. The van der Waals surface area contributed by atoms with Gasteiger partial charge in [0, 0.05) is 12.0 Å². The predicted octanol–water partition coefficient (Wildman–Crippen LogP) is 2.00. The van der Waals surface area contributed by atoms with Gasteiger partial charge in [-0.1, -0.05) is 30.3 Å². The SMILES string of the molecule is CCOC(=O)[C@H]1C[C@@H]2C(=O)[C@@H](c3ccccc3)C[C@H]1N2C. The molecule has 1 aromatic rings. The minimum atomic E-state index is -0.169. The van der Waals surface area contributed by atoms with Gasteiger partial charge < -0.3 is 4.74 Å². The molecule has 2 bridgehead atoms. The van der Waals surface area contributed by atoms with Gasteiger partial charge in [0.05, 0.1) is 18.6 Å². The van der Waals surface area contributed by atoms with Crippen LogP contribution in [0.15, 0.2) is 30.3 Å². The van der Waals surface area contributed by atoms with Crippen LogP contribution in [-0.2, 0) is 14.3 Å². The van der Waals surface area contributed by atoms with Crippen LogP contribution in [0.2, 0.25) is 0 Å². The molecule has 4 heteroatoms. The number of nitrogens with zero attached hydrogens (tertiary/aromatic N) is 1. The van der Waals surface area contributed by atoms with E-state index in [9.17, 15) is 9.59 Å². The third-order valence-electron chi connectivity index (χ3n) is 4.90. The lowest BCUT2D eigenvalue weighted by Crippen LogP contribution is -2.47. The number of ether oxygens (including phenoxy) is 1. The molecule has 0 amide bonds. The highest BCUT2D eigenvalue weighted by Crippen LogP contribution is 2.43. The number of carbonyl (C=O) groups excluding carboxylic acids is 2. The first-order valence-corrected chi connectivity index (χ1v) is 7.60. The number of piperidine rings is 1. The maximum absolute atomic E-state index is 12.7. The fourth-order valence-corrected chi connectivity index (χ4v) is 3.80. The molecule has 1 aromatic carbocycles. The van der Waals surface area contributed by atoms with Crippen molar-refractivity contribution in [3.63, 3.8) is 0 Å². The Morgan fingerprint density at radius 1 is 1.29 bits per heavy atom. The summed E-state index contributed by atoms with van der Waals surface area (Å²) in [4.78, 5) is 26.9. The molecular formula is C17H21NO3. The fraction of sp³-hybridized carbons (Fsp3) is 0.529. The van der Waals surface area contributed by atoms with Gasteiger partial charge in [0.1, 0.15) is 0 Å². The van der Waals surface area contributed by atoms with E-state index in [-0.39, 0.29) is 35.7 Å². The average Bonchev–Trinajstić information content (AvgIpc) is 2.72. The Morgan fingerprint density at radius 2 is 2.00 bits per heavy atom. The third kappa shape index (κ3) is 2.38. The first-order valence-electron chi connectivity index (χ1n) is 7.60. The van der Waals surface area contributed by atoms with Crippen LogP contribution in [0.5, 0.6) is 0 Å². The summed E-state index contributed by atoms with van der Waals surface area (Å²) in [6, 6.07) is 9.86. The molecule has 0 aliphatic carbocycles. The Labute approximate surface area is 125 Å². The van der Waals surface area contributed by atoms with Gasteiger partial charge in [-0.25, -0.2) is 0 Å². The van der Waals surface area contributed by atoms with Crippen LogP contribution < -0.4 is 0 Å². The second-order valence-corrected chi connectivity index (χ2v) is 5.94. The highest BCUT2D eigenvalue weighted by Gasteiger charge is 2.52. The maximum Gasteiger partial charge on any atom is 0.310 e. The van der Waals surface area contributed by atoms with Crippen LogP contribution in [-0.4, -0.2) is 42.4 Å². The van der Waals surface area contributed by atoms with Crippen molar-refractivity contribution < 1.29 is 14.3 Å². The van der Waals surface area contributed by atoms with Crippen LogP contribution in [0.4, 0.5) is 0 Å². The van der Waals surface area contributed by atoms with Gasteiger partial charge in [-0.3, -0.25) is 14.5 Å². The van der Waals surface area contributed by atoms with Gasteiger partial charge in [0.15, 0.2) is 5.78 Å². The van der Waals surface area contributed by atoms with E-state index in [1.165, 1.54) is 0 Å². The lowest BCUT2D eigenvalue weighted by Gasteiger charge is -2.36. The first-order chi connectivity index (χ1) is 10.1. The number of rotatable bonds is 3. The lowest BCUT2D eigenvalue weighted by atomic mass is 9.83. The standard InChI is InChI=1S/C17H21NO3/c1-3-21-17(20)13-10-15-16(19)12(9-14(13)18(15)2)11-7-5-4-6-8-11/h4-8,12-15H,3,9-10H2,1-2H3/t12-,13+,14-,15-/m1/s1. The van der Waals surface area contributed by atoms with Crippen molar-refractivity contribution in [3.05, 3.63) is 35.9 Å². The van der Waals surface area contributed by atoms with Gasteiger partial charge in [-0.05, 0) is 32.4 Å². The van der Waals surface area contributed by atoms with Crippen molar-refractivity contribution in [2.75, 3.05) is 13.7 Å². The van der Waals surface area contributed by atoms with Crippen LogP contribution in [0.3, 0.4) is 0 Å². The number of Topliss-reactive ketones (excluding diaryl/α,β-unsaturated/α-hetero) is 1. The Bertz CT molecular complexity index is 542. The molecule has 4 atom stereocenters. The second-order valence-electron chi connectivity index (χ2n) is 5.94. The molecular weight excluding hydrogens is 266 g/mol. The minimum absolute atomic E-state index is 0.0863. The normalized spacial score (nSPS) is 32.2. The number of hydrogen-bond donors (Lipinski definition) is 0. The maximum atomic E-state index is 12.7. The fourth-order valence-electron chi connectivity index (χ4n) is 3.80.